The van der Waals surface area contributed by atoms with Crippen molar-refractivity contribution in [3.05, 3.63) is 39.2 Å². The van der Waals surface area contributed by atoms with E-state index in [-0.39, 0.29) is 11.3 Å². The Morgan fingerprint density at radius 1 is 1.17 bits per heavy atom. The second kappa shape index (κ2) is 2.30. The predicted octanol–water partition coefficient (Wildman–Crippen LogP) is 0.141. The molecule has 0 N–H and O–H groups in total. The summed E-state index contributed by atoms with van der Waals surface area (Å²) in [5, 5.41) is 0. The Morgan fingerprint density at radius 2 is 1.92 bits per heavy atom. The molecule has 0 bridgehead atoms. The van der Waals surface area contributed by atoms with Gasteiger partial charge in [0.05, 0.1) is 0 Å². The minimum atomic E-state index is -1.04. The summed E-state index contributed by atoms with van der Waals surface area (Å²) in [6.07, 6.45) is 1.44. The molecule has 2 aromatic heterocycles. The summed E-state index contributed by atoms with van der Waals surface area (Å²) in [5.41, 5.74) is -1.86. The molecule has 0 atom stereocenters. The van der Waals surface area contributed by atoms with Gasteiger partial charge in [0.1, 0.15) is 0 Å². The van der Waals surface area contributed by atoms with Crippen LogP contribution < -0.4 is 11.3 Å². The second-order valence-electron chi connectivity index (χ2n) is 2.09. The highest BCUT2D eigenvalue weighted by molar-refractivity contribution is 5.63. The molecular formula is C7H3NO4. The van der Waals surface area contributed by atoms with E-state index in [0.29, 0.717) is 0 Å². The average molecular weight is 165 g/mol. The third-order valence-electron chi connectivity index (χ3n) is 1.29. The van der Waals surface area contributed by atoms with Gasteiger partial charge in [-0.3, -0.25) is 0 Å². The van der Waals surface area contributed by atoms with E-state index < -0.39 is 11.3 Å². The number of nitrogens with zero attached hydrogens (tertiary/aromatic N) is 1. The van der Waals surface area contributed by atoms with Gasteiger partial charge in [-0.25, -0.2) is 14.6 Å². The lowest BCUT2D eigenvalue weighted by Crippen LogP contribution is -2.21. The average Bonchev–Trinajstić information content (AvgIpc) is 2.07. The zero-order valence-electron chi connectivity index (χ0n) is 5.81. The molecule has 0 spiro atoms. The van der Waals surface area contributed by atoms with E-state index in [0.717, 1.165) is 0 Å². The van der Waals surface area contributed by atoms with Crippen molar-refractivity contribution in [3.8, 4) is 0 Å². The lowest BCUT2D eigenvalue weighted by molar-refractivity contribution is 0.442. The Balaban J connectivity index is 3.03. The summed E-state index contributed by atoms with van der Waals surface area (Å²) in [6.45, 7) is 0. The number of aromatic nitrogens is 1. The van der Waals surface area contributed by atoms with Crippen molar-refractivity contribution in [2.75, 3.05) is 0 Å². The van der Waals surface area contributed by atoms with Gasteiger partial charge in [0, 0.05) is 6.20 Å². The minimum Gasteiger partial charge on any atom is -0.412 e. The largest absolute Gasteiger partial charge is 0.424 e. The van der Waals surface area contributed by atoms with Crippen molar-refractivity contribution in [1.82, 2.24) is 4.98 Å². The maximum atomic E-state index is 10.6. The van der Waals surface area contributed by atoms with E-state index in [1.54, 1.807) is 6.07 Å². The molecule has 2 rings (SSSR count). The van der Waals surface area contributed by atoms with Crippen LogP contribution in [0.4, 0.5) is 0 Å². The van der Waals surface area contributed by atoms with Crippen molar-refractivity contribution < 1.29 is 8.83 Å². The number of hydrogen-bond acceptors (Lipinski definition) is 5. The number of hydrogen-bond donors (Lipinski definition) is 0. The van der Waals surface area contributed by atoms with Crippen molar-refractivity contribution >= 4 is 11.3 Å². The summed E-state index contributed by atoms with van der Waals surface area (Å²) in [6, 6.07) is 3.07. The molecule has 0 aromatic carbocycles. The van der Waals surface area contributed by atoms with E-state index in [2.05, 4.69) is 13.8 Å². The molecule has 0 radical (unpaired) electrons. The van der Waals surface area contributed by atoms with Crippen molar-refractivity contribution in [1.29, 1.82) is 0 Å². The highest BCUT2D eigenvalue weighted by atomic mass is 16.5. The van der Waals surface area contributed by atoms with Crippen LogP contribution >= 0.6 is 0 Å². The maximum Gasteiger partial charge on any atom is 0.424 e. The van der Waals surface area contributed by atoms with E-state index in [1.807, 2.05) is 0 Å². The van der Waals surface area contributed by atoms with Crippen LogP contribution in [0.15, 0.2) is 36.8 Å². The van der Waals surface area contributed by atoms with Crippen LogP contribution in [-0.2, 0) is 0 Å². The van der Waals surface area contributed by atoms with Gasteiger partial charge in [0.2, 0.25) is 0 Å². The Morgan fingerprint density at radius 3 is 2.75 bits per heavy atom. The third-order valence-corrected chi connectivity index (χ3v) is 1.29. The fourth-order valence-electron chi connectivity index (χ4n) is 0.801. The molecule has 0 saturated carbocycles. The van der Waals surface area contributed by atoms with E-state index in [9.17, 15) is 9.59 Å². The first-order valence-electron chi connectivity index (χ1n) is 3.16. The Labute approximate surface area is 65.3 Å². The predicted molar refractivity (Wildman–Crippen MR) is 38.8 cm³/mol. The van der Waals surface area contributed by atoms with Gasteiger partial charge in [0.25, 0.3) is 5.71 Å². The first-order chi connectivity index (χ1) is 5.77. The lowest BCUT2D eigenvalue weighted by Gasteiger charge is -1.89. The SMILES string of the molecule is O=c1oc2cccnc2oc1=O. The monoisotopic (exact) mass is 165 g/mol. The molecule has 0 fully saturated rings. The smallest absolute Gasteiger partial charge is 0.412 e. The third kappa shape index (κ3) is 0.914. The van der Waals surface area contributed by atoms with Crippen molar-refractivity contribution in [2.45, 2.75) is 0 Å². The lowest BCUT2D eigenvalue weighted by atomic mass is 10.5. The fraction of sp³-hybridized carbons (Fsp3) is 0. The molecule has 5 nitrogen and oxygen atoms in total. The molecule has 0 unspecified atom stereocenters. The summed E-state index contributed by atoms with van der Waals surface area (Å²) in [7, 11) is 0. The minimum absolute atomic E-state index is 0.0297. The van der Waals surface area contributed by atoms with E-state index in [1.165, 1.54) is 12.3 Å². The molecule has 0 saturated heterocycles. The standard InChI is InChI=1S/C7H3NO4/c9-6-7(10)12-5-4(11-6)2-1-3-8-5/h1-3H. The molecule has 0 aliphatic carbocycles. The zero-order chi connectivity index (χ0) is 8.55. The Bertz CT molecular complexity index is 476. The molecular weight excluding hydrogens is 162 g/mol. The number of pyridine rings is 1. The summed E-state index contributed by atoms with van der Waals surface area (Å²) >= 11 is 0. The molecule has 2 heterocycles. The van der Waals surface area contributed by atoms with Crippen LogP contribution in [0.2, 0.25) is 0 Å². The molecule has 0 aliphatic heterocycles. The quantitative estimate of drug-likeness (QED) is 0.519. The van der Waals surface area contributed by atoms with Crippen molar-refractivity contribution in [3.63, 3.8) is 0 Å². The molecule has 2 aromatic rings. The maximum absolute atomic E-state index is 10.6. The molecule has 60 valence electrons. The molecule has 0 amide bonds. The van der Waals surface area contributed by atoms with Crippen LogP contribution in [0, 0.1) is 0 Å². The van der Waals surface area contributed by atoms with Gasteiger partial charge in [-0.1, -0.05) is 0 Å². The Hall–Kier alpha value is -1.91. The van der Waals surface area contributed by atoms with Gasteiger partial charge < -0.3 is 8.83 Å². The summed E-state index contributed by atoms with van der Waals surface area (Å²) in [5.74, 6) is 0. The summed E-state index contributed by atoms with van der Waals surface area (Å²) < 4.78 is 9.09. The van der Waals surface area contributed by atoms with Crippen LogP contribution in [0.1, 0.15) is 0 Å². The van der Waals surface area contributed by atoms with E-state index >= 15 is 0 Å². The first-order valence-corrected chi connectivity index (χ1v) is 3.16. The van der Waals surface area contributed by atoms with Crippen LogP contribution in [0.5, 0.6) is 0 Å². The van der Waals surface area contributed by atoms with Gasteiger partial charge in [-0.2, -0.15) is 0 Å². The van der Waals surface area contributed by atoms with Crippen LogP contribution in [0.3, 0.4) is 0 Å². The van der Waals surface area contributed by atoms with Crippen LogP contribution in [0.25, 0.3) is 11.3 Å². The normalized spacial score (nSPS) is 10.3. The topological polar surface area (TPSA) is 73.3 Å². The van der Waals surface area contributed by atoms with E-state index in [4.69, 9.17) is 0 Å². The summed E-state index contributed by atoms with van der Waals surface area (Å²) in [4.78, 5) is 24.9. The van der Waals surface area contributed by atoms with Gasteiger partial charge in [-0.05, 0) is 12.1 Å². The molecule has 0 aliphatic rings. The molecule has 12 heavy (non-hydrogen) atoms. The highest BCUT2D eigenvalue weighted by Crippen LogP contribution is 2.03. The van der Waals surface area contributed by atoms with Gasteiger partial charge in [0.15, 0.2) is 5.58 Å². The van der Waals surface area contributed by atoms with Crippen LogP contribution in [-0.4, -0.2) is 4.98 Å². The second-order valence-corrected chi connectivity index (χ2v) is 2.09. The number of fused-ring (bicyclic) bond motifs is 1. The Kier molecular flexibility index (Phi) is 1.30. The fourth-order valence-corrected chi connectivity index (χ4v) is 0.801. The molecule has 5 heteroatoms. The first kappa shape index (κ1) is 6.78. The highest BCUT2D eigenvalue weighted by Gasteiger charge is 2.02. The number of rotatable bonds is 0. The van der Waals surface area contributed by atoms with Crippen molar-refractivity contribution in [2.24, 2.45) is 0 Å². The van der Waals surface area contributed by atoms with Gasteiger partial charge >= 0.3 is 11.3 Å². The zero-order valence-corrected chi connectivity index (χ0v) is 5.81. The van der Waals surface area contributed by atoms with Gasteiger partial charge in [-0.15, -0.1) is 0 Å².